The molecule has 0 unspecified atom stereocenters. The van der Waals surface area contributed by atoms with Crippen molar-refractivity contribution < 1.29 is 14.0 Å². The average molecular weight is 509 g/mol. The van der Waals surface area contributed by atoms with Crippen LogP contribution in [0.4, 0.5) is 0 Å². The lowest BCUT2D eigenvalue weighted by Gasteiger charge is -2.22. The van der Waals surface area contributed by atoms with Crippen molar-refractivity contribution >= 4 is 44.9 Å². The van der Waals surface area contributed by atoms with Crippen LogP contribution < -0.4 is 4.74 Å². The number of methoxy groups -OCH3 is 1. The Morgan fingerprint density at radius 1 is 1.17 bits per heavy atom. The van der Waals surface area contributed by atoms with Crippen LogP contribution in [0, 0.1) is 13.8 Å². The predicted octanol–water partition coefficient (Wildman–Crippen LogP) is 6.52. The number of imidazole rings is 1. The maximum absolute atomic E-state index is 6.27. The van der Waals surface area contributed by atoms with E-state index in [4.69, 9.17) is 35.6 Å². The van der Waals surface area contributed by atoms with Gasteiger partial charge in [-0.25, -0.2) is 4.98 Å². The Hall–Kier alpha value is -2.94. The number of aromatic nitrogens is 4. The van der Waals surface area contributed by atoms with E-state index in [0.29, 0.717) is 12.5 Å². The third kappa shape index (κ3) is 3.90. The quantitative estimate of drug-likeness (QED) is 0.269. The largest absolute Gasteiger partial charge is 0.496 e. The van der Waals surface area contributed by atoms with Crippen molar-refractivity contribution in [2.75, 3.05) is 20.3 Å². The molecule has 9 heteroatoms. The first-order valence-electron chi connectivity index (χ1n) is 11.7. The number of fused-ring (bicyclic) bond motifs is 3. The highest BCUT2D eigenvalue weighted by Crippen LogP contribution is 2.40. The zero-order valence-corrected chi connectivity index (χ0v) is 21.4. The molecule has 0 saturated carbocycles. The summed E-state index contributed by atoms with van der Waals surface area (Å²) in [7, 11) is 1.69. The fourth-order valence-corrected chi connectivity index (χ4v) is 6.19. The van der Waals surface area contributed by atoms with Crippen LogP contribution in [0.25, 0.3) is 33.1 Å². The standard InChI is InChI=1S/C26H25ClN4O3S/c1-14-24(15(2)34-30-14)19-10-20-18(11-22(19)32-3)25-21(12-28-20)29-26(16-6-8-33-9-7-16)31(25)13-17-4-5-23(27)35-17/h4-5,10-12,16H,6-9,13H2,1-3H3. The summed E-state index contributed by atoms with van der Waals surface area (Å²) in [5.41, 5.74) is 5.50. The molecule has 1 aromatic carbocycles. The van der Waals surface area contributed by atoms with Crippen LogP contribution in [-0.2, 0) is 11.3 Å². The van der Waals surface area contributed by atoms with Crippen molar-refractivity contribution in [3.63, 3.8) is 0 Å². The molecular weight excluding hydrogens is 484 g/mol. The van der Waals surface area contributed by atoms with Crippen LogP contribution in [0.15, 0.2) is 35.0 Å². The Balaban J connectivity index is 1.60. The molecule has 7 nitrogen and oxygen atoms in total. The van der Waals surface area contributed by atoms with E-state index in [2.05, 4.69) is 27.9 Å². The Labute approximate surface area is 211 Å². The third-order valence-electron chi connectivity index (χ3n) is 6.75. The minimum absolute atomic E-state index is 0.338. The summed E-state index contributed by atoms with van der Waals surface area (Å²) < 4.78 is 20.0. The van der Waals surface area contributed by atoms with Crippen LogP contribution in [0.5, 0.6) is 5.75 Å². The van der Waals surface area contributed by atoms with Gasteiger partial charge >= 0.3 is 0 Å². The van der Waals surface area contributed by atoms with Crippen molar-refractivity contribution in [2.24, 2.45) is 0 Å². The van der Waals surface area contributed by atoms with E-state index in [9.17, 15) is 0 Å². The van der Waals surface area contributed by atoms with E-state index in [0.717, 1.165) is 86.5 Å². The molecule has 6 rings (SSSR count). The minimum atomic E-state index is 0.338. The summed E-state index contributed by atoms with van der Waals surface area (Å²) >= 11 is 7.87. The Bertz CT molecular complexity index is 1530. The summed E-state index contributed by atoms with van der Waals surface area (Å²) in [6, 6.07) is 8.17. The Kier molecular flexibility index (Phi) is 5.75. The highest BCUT2D eigenvalue weighted by molar-refractivity contribution is 7.16. The van der Waals surface area contributed by atoms with Crippen molar-refractivity contribution in [3.05, 3.63) is 57.0 Å². The Morgan fingerprint density at radius 3 is 2.69 bits per heavy atom. The van der Waals surface area contributed by atoms with E-state index in [1.165, 1.54) is 4.88 Å². The maximum atomic E-state index is 6.27. The van der Waals surface area contributed by atoms with Crippen molar-refractivity contribution in [1.29, 1.82) is 0 Å². The van der Waals surface area contributed by atoms with E-state index in [-0.39, 0.29) is 0 Å². The van der Waals surface area contributed by atoms with E-state index >= 15 is 0 Å². The molecule has 0 atom stereocenters. The SMILES string of the molecule is COc1cc2c(cc1-c1c(C)noc1C)ncc1nc(C3CCOCC3)n(Cc3ccc(Cl)s3)c12. The first-order chi connectivity index (χ1) is 17.0. The fraction of sp³-hybridized carbons (Fsp3) is 0.346. The number of aryl methyl sites for hydroxylation is 2. The van der Waals surface area contributed by atoms with Crippen molar-refractivity contribution in [2.45, 2.75) is 39.2 Å². The van der Waals surface area contributed by atoms with Crippen LogP contribution in [0.3, 0.4) is 0 Å². The molecule has 0 radical (unpaired) electrons. The van der Waals surface area contributed by atoms with Gasteiger partial charge in [0.1, 0.15) is 22.9 Å². The highest BCUT2D eigenvalue weighted by atomic mass is 35.5. The second-order valence-electron chi connectivity index (χ2n) is 8.91. The normalized spacial score (nSPS) is 14.9. The average Bonchev–Trinajstić information content (AvgIpc) is 3.55. The molecular formula is C26H25ClN4O3S. The molecule has 35 heavy (non-hydrogen) atoms. The van der Waals surface area contributed by atoms with Gasteiger partial charge in [0.25, 0.3) is 0 Å². The van der Waals surface area contributed by atoms with Crippen LogP contribution in [-0.4, -0.2) is 40.0 Å². The molecule has 1 aliphatic heterocycles. The molecule has 0 bridgehead atoms. The molecule has 5 heterocycles. The van der Waals surface area contributed by atoms with Crippen LogP contribution >= 0.6 is 22.9 Å². The molecule has 5 aromatic rings. The van der Waals surface area contributed by atoms with Gasteiger partial charge in [0.05, 0.1) is 46.5 Å². The number of hydrogen-bond donors (Lipinski definition) is 0. The maximum Gasteiger partial charge on any atom is 0.141 e. The second kappa shape index (κ2) is 8.93. The molecule has 1 aliphatic rings. The topological polar surface area (TPSA) is 75.2 Å². The lowest BCUT2D eigenvalue weighted by atomic mass is 9.99. The molecule has 1 fully saturated rings. The molecule has 180 valence electrons. The van der Waals surface area contributed by atoms with Gasteiger partial charge in [0.2, 0.25) is 0 Å². The molecule has 0 spiro atoms. The zero-order valence-electron chi connectivity index (χ0n) is 19.8. The van der Waals surface area contributed by atoms with Gasteiger partial charge in [-0.3, -0.25) is 4.98 Å². The molecule has 0 N–H and O–H groups in total. The van der Waals surface area contributed by atoms with E-state index in [1.54, 1.807) is 18.4 Å². The number of rotatable bonds is 5. The second-order valence-corrected chi connectivity index (χ2v) is 10.7. The summed E-state index contributed by atoms with van der Waals surface area (Å²) in [6.45, 7) is 6.07. The predicted molar refractivity (Wildman–Crippen MR) is 138 cm³/mol. The molecule has 0 amide bonds. The van der Waals surface area contributed by atoms with Gasteiger partial charge < -0.3 is 18.6 Å². The zero-order chi connectivity index (χ0) is 24.1. The smallest absolute Gasteiger partial charge is 0.141 e. The minimum Gasteiger partial charge on any atom is -0.496 e. The number of nitrogens with zero attached hydrogens (tertiary/aromatic N) is 4. The monoisotopic (exact) mass is 508 g/mol. The van der Waals surface area contributed by atoms with E-state index in [1.807, 2.05) is 26.1 Å². The van der Waals surface area contributed by atoms with Gasteiger partial charge in [-0.2, -0.15) is 0 Å². The fourth-order valence-electron chi connectivity index (χ4n) is 5.11. The van der Waals surface area contributed by atoms with Gasteiger partial charge in [-0.15, -0.1) is 11.3 Å². The summed E-state index contributed by atoms with van der Waals surface area (Å²) in [6.07, 6.45) is 3.79. The summed E-state index contributed by atoms with van der Waals surface area (Å²) in [5, 5.41) is 5.13. The number of thiophene rings is 1. The van der Waals surface area contributed by atoms with Gasteiger partial charge in [-0.1, -0.05) is 16.8 Å². The molecule has 4 aromatic heterocycles. The Morgan fingerprint density at radius 2 is 2.00 bits per heavy atom. The van der Waals surface area contributed by atoms with Gasteiger partial charge in [-0.05, 0) is 51.0 Å². The van der Waals surface area contributed by atoms with Crippen molar-refractivity contribution in [3.8, 4) is 16.9 Å². The lowest BCUT2D eigenvalue weighted by Crippen LogP contribution is -2.18. The van der Waals surface area contributed by atoms with Crippen molar-refractivity contribution in [1.82, 2.24) is 19.7 Å². The highest BCUT2D eigenvalue weighted by Gasteiger charge is 2.25. The van der Waals surface area contributed by atoms with Gasteiger partial charge in [0.15, 0.2) is 0 Å². The van der Waals surface area contributed by atoms with E-state index < -0.39 is 0 Å². The first-order valence-corrected chi connectivity index (χ1v) is 12.8. The van der Waals surface area contributed by atoms with Crippen LogP contribution in [0.2, 0.25) is 4.34 Å². The number of ether oxygens (including phenoxy) is 2. The number of pyridine rings is 1. The number of halogens is 1. The molecule has 0 aliphatic carbocycles. The molecule has 1 saturated heterocycles. The van der Waals surface area contributed by atoms with Crippen LogP contribution in [0.1, 0.15) is 40.9 Å². The first kappa shape index (κ1) is 22.5. The summed E-state index contributed by atoms with van der Waals surface area (Å²) in [4.78, 5) is 11.1. The number of hydrogen-bond acceptors (Lipinski definition) is 7. The third-order valence-corrected chi connectivity index (χ3v) is 7.97. The number of benzene rings is 1. The van der Waals surface area contributed by atoms with Gasteiger partial charge in [0, 0.05) is 35.0 Å². The lowest BCUT2D eigenvalue weighted by molar-refractivity contribution is 0.0830. The summed E-state index contributed by atoms with van der Waals surface area (Å²) in [5.74, 6) is 2.92.